The van der Waals surface area contributed by atoms with Crippen molar-refractivity contribution in [1.29, 1.82) is 0 Å². The van der Waals surface area contributed by atoms with Crippen LogP contribution in [-0.4, -0.2) is 46.4 Å². The van der Waals surface area contributed by atoms with E-state index in [9.17, 15) is 9.90 Å². The fourth-order valence-electron chi connectivity index (χ4n) is 3.36. The first-order valence-electron chi connectivity index (χ1n) is 9.89. The number of ether oxygens (including phenoxy) is 1. The number of benzene rings is 1. The van der Waals surface area contributed by atoms with Gasteiger partial charge in [0.25, 0.3) is 5.91 Å². The second kappa shape index (κ2) is 9.92. The molecular formula is C20H27ClN6O3. The number of aromatic nitrogens is 2. The molecule has 0 saturated carbocycles. The fourth-order valence-corrected chi connectivity index (χ4v) is 3.49. The minimum Gasteiger partial charge on any atom is -0.491 e. The number of nitrogens with one attached hydrogen (secondary N) is 2. The van der Waals surface area contributed by atoms with Crippen LogP contribution in [0.15, 0.2) is 18.2 Å². The van der Waals surface area contributed by atoms with Crippen LogP contribution in [0.1, 0.15) is 41.4 Å². The minimum atomic E-state index is -0.750. The molecule has 0 bridgehead atoms. The van der Waals surface area contributed by atoms with Crippen molar-refractivity contribution in [1.82, 2.24) is 20.6 Å². The molecule has 7 N–H and O–H groups in total. The summed E-state index contributed by atoms with van der Waals surface area (Å²) in [6.07, 6.45) is 3.22. The molecule has 10 heteroatoms. The SMILES string of the molecule is CC(NCC(O)COc1cccc2c1CCCC2)NC(=O)c1nc(Cl)c(N)nc1N. The number of anilines is 2. The van der Waals surface area contributed by atoms with Crippen LogP contribution in [0.5, 0.6) is 5.75 Å². The van der Waals surface area contributed by atoms with Crippen molar-refractivity contribution in [2.24, 2.45) is 0 Å². The molecule has 2 unspecified atom stereocenters. The van der Waals surface area contributed by atoms with E-state index in [2.05, 4.69) is 26.7 Å². The average molecular weight is 435 g/mol. The second-order valence-corrected chi connectivity index (χ2v) is 7.66. The van der Waals surface area contributed by atoms with Gasteiger partial charge in [-0.1, -0.05) is 23.7 Å². The van der Waals surface area contributed by atoms with Gasteiger partial charge in [0.1, 0.15) is 18.5 Å². The van der Waals surface area contributed by atoms with E-state index >= 15 is 0 Å². The van der Waals surface area contributed by atoms with E-state index in [1.54, 1.807) is 6.92 Å². The zero-order valence-corrected chi connectivity index (χ0v) is 17.6. The van der Waals surface area contributed by atoms with Gasteiger partial charge in [-0.15, -0.1) is 0 Å². The Bertz CT molecular complexity index is 910. The number of rotatable bonds is 8. The molecule has 3 rings (SSSR count). The Kier molecular flexibility index (Phi) is 7.30. The molecule has 1 aliphatic carbocycles. The van der Waals surface area contributed by atoms with Crippen LogP contribution in [0.25, 0.3) is 0 Å². The van der Waals surface area contributed by atoms with Gasteiger partial charge in [-0.2, -0.15) is 0 Å². The summed E-state index contributed by atoms with van der Waals surface area (Å²) in [7, 11) is 0. The number of fused-ring (bicyclic) bond motifs is 1. The molecular weight excluding hydrogens is 408 g/mol. The second-order valence-electron chi connectivity index (χ2n) is 7.30. The molecule has 2 aromatic rings. The van der Waals surface area contributed by atoms with Gasteiger partial charge >= 0.3 is 0 Å². The van der Waals surface area contributed by atoms with E-state index < -0.39 is 18.2 Å². The molecule has 162 valence electrons. The summed E-state index contributed by atoms with van der Waals surface area (Å²) in [5.41, 5.74) is 13.7. The number of aryl methyl sites for hydroxylation is 1. The number of aliphatic hydroxyl groups is 1. The van der Waals surface area contributed by atoms with Crippen LogP contribution < -0.4 is 26.8 Å². The molecule has 1 aliphatic rings. The number of carbonyl (C=O) groups excluding carboxylic acids is 1. The molecule has 0 spiro atoms. The molecule has 9 nitrogen and oxygen atoms in total. The van der Waals surface area contributed by atoms with E-state index in [-0.39, 0.29) is 35.6 Å². The third-order valence-corrected chi connectivity index (χ3v) is 5.19. The Morgan fingerprint density at radius 1 is 1.27 bits per heavy atom. The summed E-state index contributed by atoms with van der Waals surface area (Å²) in [5, 5.41) is 15.8. The number of hydrogen-bond donors (Lipinski definition) is 5. The van der Waals surface area contributed by atoms with Crippen molar-refractivity contribution in [3.05, 3.63) is 40.2 Å². The van der Waals surface area contributed by atoms with E-state index in [0.717, 1.165) is 25.0 Å². The summed E-state index contributed by atoms with van der Waals surface area (Å²) in [6, 6.07) is 6.06. The number of carbonyl (C=O) groups is 1. The van der Waals surface area contributed by atoms with Crippen molar-refractivity contribution in [2.45, 2.75) is 44.9 Å². The maximum absolute atomic E-state index is 12.3. The lowest BCUT2D eigenvalue weighted by atomic mass is 9.91. The molecule has 2 atom stereocenters. The van der Waals surface area contributed by atoms with Gasteiger partial charge in [0.05, 0.1) is 6.17 Å². The van der Waals surface area contributed by atoms with E-state index in [4.69, 9.17) is 27.8 Å². The van der Waals surface area contributed by atoms with Crippen LogP contribution in [0, 0.1) is 0 Å². The third kappa shape index (κ3) is 5.50. The van der Waals surface area contributed by atoms with E-state index in [1.807, 2.05) is 12.1 Å². The molecule has 0 saturated heterocycles. The summed E-state index contributed by atoms with van der Waals surface area (Å²) in [6.45, 7) is 2.10. The van der Waals surface area contributed by atoms with Gasteiger partial charge in [-0.3, -0.25) is 10.1 Å². The zero-order valence-electron chi connectivity index (χ0n) is 16.8. The number of hydrogen-bond acceptors (Lipinski definition) is 8. The maximum atomic E-state index is 12.3. The lowest BCUT2D eigenvalue weighted by Crippen LogP contribution is -2.47. The van der Waals surface area contributed by atoms with Gasteiger partial charge in [-0.25, -0.2) is 9.97 Å². The van der Waals surface area contributed by atoms with Crippen molar-refractivity contribution in [3.8, 4) is 5.75 Å². The molecule has 1 aromatic heterocycles. The van der Waals surface area contributed by atoms with Crippen molar-refractivity contribution in [2.75, 3.05) is 24.6 Å². The summed E-state index contributed by atoms with van der Waals surface area (Å²) < 4.78 is 5.85. The summed E-state index contributed by atoms with van der Waals surface area (Å²) in [4.78, 5) is 20.0. The van der Waals surface area contributed by atoms with Gasteiger partial charge in [0.15, 0.2) is 22.5 Å². The zero-order chi connectivity index (χ0) is 21.7. The number of amides is 1. The molecule has 0 aliphatic heterocycles. The number of halogens is 1. The minimum absolute atomic E-state index is 0.0419. The monoisotopic (exact) mass is 434 g/mol. The molecule has 0 radical (unpaired) electrons. The van der Waals surface area contributed by atoms with Gasteiger partial charge in [-0.05, 0) is 49.8 Å². The smallest absolute Gasteiger partial charge is 0.274 e. The van der Waals surface area contributed by atoms with Crippen molar-refractivity contribution >= 4 is 29.1 Å². The maximum Gasteiger partial charge on any atom is 0.274 e. The highest BCUT2D eigenvalue weighted by molar-refractivity contribution is 6.31. The fraction of sp³-hybridized carbons (Fsp3) is 0.450. The number of nitrogens with zero attached hydrogens (tertiary/aromatic N) is 2. The standard InChI is InChI=1S/C20H27ClN6O3/c1-11(25-20(29)16-18(22)27-19(23)17(21)26-16)24-9-13(28)10-30-15-8-4-6-12-5-2-3-7-14(12)15/h4,6,8,11,13,24,28H,2-3,5,7,9-10H2,1H3,(H,25,29)(H4,22,23,27). The topological polar surface area (TPSA) is 148 Å². The van der Waals surface area contributed by atoms with Crippen LogP contribution >= 0.6 is 11.6 Å². The van der Waals surface area contributed by atoms with Gasteiger partial charge in [0, 0.05) is 6.54 Å². The molecule has 0 fully saturated rings. The molecule has 1 amide bonds. The Morgan fingerprint density at radius 3 is 2.83 bits per heavy atom. The quantitative estimate of drug-likeness (QED) is 0.390. The van der Waals surface area contributed by atoms with E-state index in [0.29, 0.717) is 0 Å². The summed E-state index contributed by atoms with van der Waals surface area (Å²) in [5.74, 6) is 0.131. The van der Waals surface area contributed by atoms with Crippen molar-refractivity contribution in [3.63, 3.8) is 0 Å². The first kappa shape index (κ1) is 22.1. The van der Waals surface area contributed by atoms with E-state index in [1.165, 1.54) is 17.5 Å². The Labute approximate surface area is 180 Å². The predicted molar refractivity (Wildman–Crippen MR) is 115 cm³/mol. The van der Waals surface area contributed by atoms with Crippen LogP contribution in [0.4, 0.5) is 11.6 Å². The number of nitrogens with two attached hydrogens (primary N) is 2. The highest BCUT2D eigenvalue weighted by atomic mass is 35.5. The first-order valence-corrected chi connectivity index (χ1v) is 10.3. The molecule has 1 heterocycles. The number of aliphatic hydroxyl groups excluding tert-OH is 1. The predicted octanol–water partition coefficient (Wildman–Crippen LogP) is 1.28. The highest BCUT2D eigenvalue weighted by Crippen LogP contribution is 2.29. The largest absolute Gasteiger partial charge is 0.491 e. The normalized spacial score (nSPS) is 15.2. The van der Waals surface area contributed by atoms with Crippen LogP contribution in [-0.2, 0) is 12.8 Å². The highest BCUT2D eigenvalue weighted by Gasteiger charge is 2.19. The van der Waals surface area contributed by atoms with Crippen LogP contribution in [0.3, 0.4) is 0 Å². The van der Waals surface area contributed by atoms with Gasteiger partial charge in [0.2, 0.25) is 0 Å². The number of nitrogen functional groups attached to an aromatic ring is 2. The lowest BCUT2D eigenvalue weighted by molar-refractivity contribution is 0.0890. The Morgan fingerprint density at radius 2 is 2.03 bits per heavy atom. The third-order valence-electron chi connectivity index (χ3n) is 4.91. The lowest BCUT2D eigenvalue weighted by Gasteiger charge is -2.22. The Balaban J connectivity index is 1.46. The van der Waals surface area contributed by atoms with Gasteiger partial charge < -0.3 is 26.6 Å². The molecule has 30 heavy (non-hydrogen) atoms. The van der Waals surface area contributed by atoms with Crippen molar-refractivity contribution < 1.29 is 14.6 Å². The Hall–Kier alpha value is -2.62. The van der Waals surface area contributed by atoms with Crippen LogP contribution in [0.2, 0.25) is 5.15 Å². The average Bonchev–Trinajstić information content (AvgIpc) is 2.73. The molecule has 1 aromatic carbocycles. The first-order chi connectivity index (χ1) is 14.3. The summed E-state index contributed by atoms with van der Waals surface area (Å²) >= 11 is 5.80.